The lowest BCUT2D eigenvalue weighted by Gasteiger charge is -2.49. The van der Waals surface area contributed by atoms with Crippen molar-refractivity contribution in [2.24, 2.45) is 11.3 Å². The van der Waals surface area contributed by atoms with Crippen molar-refractivity contribution < 1.29 is 5.11 Å². The van der Waals surface area contributed by atoms with E-state index in [1.165, 1.54) is 10.8 Å². The second-order valence-electron chi connectivity index (χ2n) is 6.64. The summed E-state index contributed by atoms with van der Waals surface area (Å²) in [4.78, 5) is 8.34. The van der Waals surface area contributed by atoms with E-state index in [0.29, 0.717) is 22.9 Å². The zero-order chi connectivity index (χ0) is 16.1. The van der Waals surface area contributed by atoms with Crippen molar-refractivity contribution in [1.82, 2.24) is 19.6 Å². The predicted molar refractivity (Wildman–Crippen MR) is 83.6 cm³/mol. The van der Waals surface area contributed by atoms with Crippen LogP contribution in [0.1, 0.15) is 38.4 Å². The maximum Gasteiger partial charge on any atom is 0.254 e. The number of nitrogen functional groups attached to an aromatic ring is 1. The van der Waals surface area contributed by atoms with E-state index in [2.05, 4.69) is 47.2 Å². The average molecular weight is 298 g/mol. The van der Waals surface area contributed by atoms with Crippen molar-refractivity contribution in [3.05, 3.63) is 24.0 Å². The lowest BCUT2D eigenvalue weighted by molar-refractivity contribution is -0.0344. The van der Waals surface area contributed by atoms with Gasteiger partial charge in [-0.15, -0.1) is 0 Å². The van der Waals surface area contributed by atoms with Crippen LogP contribution in [0, 0.1) is 36.5 Å². The summed E-state index contributed by atoms with van der Waals surface area (Å²) in [6, 6.07) is 0. The zero-order valence-corrected chi connectivity index (χ0v) is 13.3. The lowest BCUT2D eigenvalue weighted by Crippen LogP contribution is -2.49. The number of nitrogens with two attached hydrogens (primary N) is 1. The molecule has 2 aromatic rings. The van der Waals surface area contributed by atoms with Crippen LogP contribution >= 0.6 is 0 Å². The van der Waals surface area contributed by atoms with Crippen molar-refractivity contribution >= 4 is 11.6 Å². The third kappa shape index (κ3) is 2.22. The molecule has 1 aliphatic carbocycles. The number of fused-ring (bicyclic) bond motifs is 1. The van der Waals surface area contributed by atoms with Crippen molar-refractivity contribution in [3.63, 3.8) is 0 Å². The third-order valence-corrected chi connectivity index (χ3v) is 4.54. The van der Waals surface area contributed by atoms with E-state index >= 15 is 0 Å². The Balaban J connectivity index is 2.00. The molecule has 2 aromatic heterocycles. The molecule has 1 radical (unpaired) electrons. The molecule has 2 unspecified atom stereocenters. The molecular weight excluding hydrogens is 278 g/mol. The molecule has 2 atom stereocenters. The molecule has 6 heteroatoms. The smallest absolute Gasteiger partial charge is 0.254 e. The van der Waals surface area contributed by atoms with E-state index in [4.69, 9.17) is 5.73 Å². The van der Waals surface area contributed by atoms with Crippen LogP contribution in [0.15, 0.2) is 6.33 Å². The molecule has 3 rings (SSSR count). The topological polar surface area (TPSA) is 89.3 Å². The summed E-state index contributed by atoms with van der Waals surface area (Å²) in [7, 11) is 0. The van der Waals surface area contributed by atoms with Crippen LogP contribution in [0.2, 0.25) is 0 Å². The Labute approximate surface area is 129 Å². The van der Waals surface area contributed by atoms with Gasteiger partial charge in [0.25, 0.3) is 5.78 Å². The first-order valence-electron chi connectivity index (χ1n) is 7.28. The van der Waals surface area contributed by atoms with Crippen molar-refractivity contribution in [1.29, 1.82) is 0 Å². The van der Waals surface area contributed by atoms with Crippen molar-refractivity contribution in [2.75, 3.05) is 5.73 Å². The van der Waals surface area contributed by atoms with E-state index in [-0.39, 0.29) is 11.3 Å². The minimum absolute atomic E-state index is 0.00707. The van der Waals surface area contributed by atoms with Gasteiger partial charge in [-0.1, -0.05) is 25.7 Å². The van der Waals surface area contributed by atoms with Crippen molar-refractivity contribution in [3.8, 4) is 11.8 Å². The molecule has 3 N–H and O–H groups in total. The van der Waals surface area contributed by atoms with Crippen LogP contribution in [0.25, 0.3) is 5.78 Å². The Morgan fingerprint density at radius 1 is 1.50 bits per heavy atom. The maximum atomic E-state index is 10.7. The molecule has 1 aliphatic rings. The molecule has 0 spiro atoms. The standard InChI is InChI=1S/C16H20N5O/c1-10-11(13(17)21-14(20-10)18-9-19-21)5-8-16(4,22)12-6-7-15(12,2)3/h7,9,12,22H,6,17H2,1-4H3. The van der Waals surface area contributed by atoms with E-state index in [9.17, 15) is 5.11 Å². The third-order valence-electron chi connectivity index (χ3n) is 4.54. The first kappa shape index (κ1) is 14.8. The molecule has 0 amide bonds. The Morgan fingerprint density at radius 3 is 2.82 bits per heavy atom. The van der Waals surface area contributed by atoms with Crippen molar-refractivity contribution in [2.45, 2.75) is 39.7 Å². The first-order valence-corrected chi connectivity index (χ1v) is 7.28. The lowest BCUT2D eigenvalue weighted by atomic mass is 9.57. The summed E-state index contributed by atoms with van der Waals surface area (Å²) < 4.78 is 1.45. The number of hydrogen-bond donors (Lipinski definition) is 2. The normalized spacial score (nSPS) is 22.5. The molecule has 6 nitrogen and oxygen atoms in total. The second kappa shape index (κ2) is 4.68. The van der Waals surface area contributed by atoms with Gasteiger partial charge in [0.05, 0.1) is 11.3 Å². The molecule has 0 saturated heterocycles. The number of rotatable bonds is 1. The van der Waals surface area contributed by atoms with Crippen LogP contribution in [0.5, 0.6) is 0 Å². The quantitative estimate of drug-likeness (QED) is 0.776. The maximum absolute atomic E-state index is 10.7. The number of aromatic nitrogens is 4. The zero-order valence-electron chi connectivity index (χ0n) is 13.3. The molecule has 2 heterocycles. The molecule has 0 bridgehead atoms. The van der Waals surface area contributed by atoms with Gasteiger partial charge in [-0.05, 0) is 32.1 Å². The minimum atomic E-state index is -1.07. The van der Waals surface area contributed by atoms with E-state index in [1.807, 2.05) is 6.92 Å². The fourth-order valence-electron chi connectivity index (χ4n) is 3.07. The second-order valence-corrected chi connectivity index (χ2v) is 6.64. The molecular formula is C16H20N5O. The summed E-state index contributed by atoms with van der Waals surface area (Å²) in [5.41, 5.74) is 6.28. The fraction of sp³-hybridized carbons (Fsp3) is 0.500. The number of aryl methyl sites for hydroxylation is 1. The van der Waals surface area contributed by atoms with Crippen LogP contribution in [-0.4, -0.2) is 30.3 Å². The first-order chi connectivity index (χ1) is 10.2. The molecule has 1 saturated carbocycles. The monoisotopic (exact) mass is 298 g/mol. The van der Waals surface area contributed by atoms with Gasteiger partial charge >= 0.3 is 0 Å². The summed E-state index contributed by atoms with van der Waals surface area (Å²) in [5, 5.41) is 14.7. The molecule has 22 heavy (non-hydrogen) atoms. The SMILES string of the molecule is Cc1nc2ncnn2c(N)c1C#CC(C)(O)C1C[CH]C1(C)C. The highest BCUT2D eigenvalue weighted by Crippen LogP contribution is 2.50. The highest BCUT2D eigenvalue weighted by molar-refractivity contribution is 5.57. The van der Waals surface area contributed by atoms with Gasteiger partial charge in [0.1, 0.15) is 17.7 Å². The Morgan fingerprint density at radius 2 is 2.23 bits per heavy atom. The molecule has 0 aliphatic heterocycles. The van der Waals surface area contributed by atoms with Gasteiger partial charge in [-0.2, -0.15) is 14.6 Å². The average Bonchev–Trinajstić information content (AvgIpc) is 2.84. The van der Waals surface area contributed by atoms with Crippen LogP contribution in [-0.2, 0) is 0 Å². The number of aliphatic hydroxyl groups is 1. The largest absolute Gasteiger partial charge is 0.382 e. The van der Waals surface area contributed by atoms with Crippen LogP contribution < -0.4 is 5.73 Å². The van der Waals surface area contributed by atoms with Gasteiger partial charge in [0, 0.05) is 5.92 Å². The van der Waals surface area contributed by atoms with Gasteiger partial charge in [0.2, 0.25) is 0 Å². The molecule has 115 valence electrons. The Kier molecular flexibility index (Phi) is 3.15. The summed E-state index contributed by atoms with van der Waals surface area (Å²) in [6.45, 7) is 7.80. The number of hydrogen-bond acceptors (Lipinski definition) is 5. The number of anilines is 1. The van der Waals surface area contributed by atoms with Gasteiger partial charge in [0.15, 0.2) is 0 Å². The summed E-state index contributed by atoms with van der Waals surface area (Å²) >= 11 is 0. The van der Waals surface area contributed by atoms with E-state index < -0.39 is 5.60 Å². The highest BCUT2D eigenvalue weighted by atomic mass is 16.3. The van der Waals surface area contributed by atoms with Gasteiger partial charge in [-0.25, -0.2) is 4.98 Å². The molecule has 0 aromatic carbocycles. The number of nitrogens with zero attached hydrogens (tertiary/aromatic N) is 4. The summed E-state index contributed by atoms with van der Waals surface area (Å²) in [5.74, 6) is 6.92. The molecule has 1 fully saturated rings. The van der Waals surface area contributed by atoms with Crippen LogP contribution in [0.3, 0.4) is 0 Å². The Bertz CT molecular complexity index is 794. The Hall–Kier alpha value is -2.13. The highest BCUT2D eigenvalue weighted by Gasteiger charge is 2.48. The predicted octanol–water partition coefficient (Wildman–Crippen LogP) is 1.37. The fourth-order valence-corrected chi connectivity index (χ4v) is 3.07. The van der Waals surface area contributed by atoms with Crippen LogP contribution in [0.4, 0.5) is 5.82 Å². The minimum Gasteiger partial charge on any atom is -0.382 e. The van der Waals surface area contributed by atoms with Gasteiger partial charge in [-0.3, -0.25) is 0 Å². The van der Waals surface area contributed by atoms with E-state index in [1.54, 1.807) is 6.92 Å². The summed E-state index contributed by atoms with van der Waals surface area (Å²) in [6.07, 6.45) is 4.47. The van der Waals surface area contributed by atoms with Gasteiger partial charge < -0.3 is 10.8 Å². The van der Waals surface area contributed by atoms with E-state index in [0.717, 1.165) is 6.42 Å².